The maximum Gasteiger partial charge on any atom is 0.209 e. The molecule has 0 amide bonds. The molecule has 0 spiro atoms. The van der Waals surface area contributed by atoms with Crippen molar-refractivity contribution in [3.8, 4) is 0 Å². The van der Waals surface area contributed by atoms with E-state index >= 15 is 0 Å². The monoisotopic (exact) mass is 245 g/mol. The van der Waals surface area contributed by atoms with Gasteiger partial charge in [0.1, 0.15) is 5.82 Å². The van der Waals surface area contributed by atoms with Crippen molar-refractivity contribution in [3.63, 3.8) is 0 Å². The molecule has 0 N–H and O–H groups in total. The van der Waals surface area contributed by atoms with Crippen LogP contribution in [0.4, 0.5) is 10.8 Å². The predicted molar refractivity (Wildman–Crippen MR) is 71.0 cm³/mol. The van der Waals surface area contributed by atoms with E-state index in [1.54, 1.807) is 0 Å². The first-order valence-electron chi connectivity index (χ1n) is 5.99. The summed E-state index contributed by atoms with van der Waals surface area (Å²) >= 11 is 1.50. The summed E-state index contributed by atoms with van der Waals surface area (Å²) in [6.07, 6.45) is 2.00. The summed E-state index contributed by atoms with van der Waals surface area (Å²) in [7, 11) is 0. The summed E-state index contributed by atoms with van der Waals surface area (Å²) in [6, 6.07) is 9.04. The zero-order valence-corrected chi connectivity index (χ0v) is 10.9. The van der Waals surface area contributed by atoms with Crippen molar-refractivity contribution in [3.05, 3.63) is 35.7 Å². The second kappa shape index (κ2) is 4.11. The van der Waals surface area contributed by atoms with E-state index < -0.39 is 0 Å². The third-order valence-corrected chi connectivity index (χ3v) is 3.94. The Bertz CT molecular complexity index is 535. The molecule has 1 aliphatic rings. The average molecular weight is 245 g/mol. The van der Waals surface area contributed by atoms with Crippen molar-refractivity contribution in [2.45, 2.75) is 32.7 Å². The fourth-order valence-electron chi connectivity index (χ4n) is 2.34. The highest BCUT2D eigenvalue weighted by Crippen LogP contribution is 2.38. The highest BCUT2D eigenvalue weighted by molar-refractivity contribution is 7.09. The third-order valence-electron chi connectivity index (χ3n) is 3.19. The fraction of sp³-hybridized carbons (Fsp3) is 0.385. The number of nitrogens with zero attached hydrogens (tertiary/aromatic N) is 3. The first-order chi connectivity index (χ1) is 8.29. The maximum atomic E-state index is 4.59. The molecule has 17 heavy (non-hydrogen) atoms. The van der Waals surface area contributed by atoms with Crippen LogP contribution < -0.4 is 4.90 Å². The fourth-order valence-corrected chi connectivity index (χ4v) is 3.21. The quantitative estimate of drug-likeness (QED) is 0.813. The van der Waals surface area contributed by atoms with Crippen LogP contribution in [0.5, 0.6) is 0 Å². The number of anilines is 2. The van der Waals surface area contributed by atoms with Crippen LogP contribution in [0.15, 0.2) is 24.3 Å². The molecule has 1 aromatic carbocycles. The first-order valence-corrected chi connectivity index (χ1v) is 6.76. The lowest BCUT2D eigenvalue weighted by Gasteiger charge is -2.20. The predicted octanol–water partition coefficient (Wildman–Crippen LogP) is 3.18. The number of aryl methyl sites for hydroxylation is 1. The van der Waals surface area contributed by atoms with Crippen LogP contribution in [0.2, 0.25) is 0 Å². The molecule has 2 aromatic rings. The van der Waals surface area contributed by atoms with Crippen LogP contribution in [0.3, 0.4) is 0 Å². The Hall–Kier alpha value is -1.42. The Morgan fingerprint density at radius 2 is 2.24 bits per heavy atom. The van der Waals surface area contributed by atoms with Gasteiger partial charge in [0, 0.05) is 29.7 Å². The van der Waals surface area contributed by atoms with Gasteiger partial charge in [-0.1, -0.05) is 25.1 Å². The van der Waals surface area contributed by atoms with Gasteiger partial charge < -0.3 is 4.90 Å². The van der Waals surface area contributed by atoms with Crippen molar-refractivity contribution in [2.24, 2.45) is 0 Å². The standard InChI is InChI=1S/C13H15N3S/c1-3-12-14-13(17-15-12)16-9(2)8-10-6-4-5-7-11(10)16/h4-7,9H,3,8H2,1-2H3. The lowest BCUT2D eigenvalue weighted by Crippen LogP contribution is -2.23. The molecular weight excluding hydrogens is 230 g/mol. The molecule has 1 aliphatic heterocycles. The largest absolute Gasteiger partial charge is 0.313 e. The van der Waals surface area contributed by atoms with Crippen molar-refractivity contribution >= 4 is 22.4 Å². The Balaban J connectivity index is 2.03. The molecule has 1 atom stereocenters. The van der Waals surface area contributed by atoms with Crippen LogP contribution in [0, 0.1) is 0 Å². The first kappa shape index (κ1) is 10.7. The highest BCUT2D eigenvalue weighted by atomic mass is 32.1. The maximum absolute atomic E-state index is 4.59. The second-order valence-corrected chi connectivity index (χ2v) is 5.13. The molecule has 3 nitrogen and oxygen atoms in total. The van der Waals surface area contributed by atoms with Crippen LogP contribution >= 0.6 is 11.5 Å². The van der Waals surface area contributed by atoms with E-state index in [1.165, 1.54) is 22.8 Å². The van der Waals surface area contributed by atoms with Crippen molar-refractivity contribution in [1.29, 1.82) is 0 Å². The SMILES string of the molecule is CCc1nsc(N2c3ccccc3CC2C)n1. The molecule has 0 fully saturated rings. The molecule has 1 unspecified atom stereocenters. The summed E-state index contributed by atoms with van der Waals surface area (Å²) in [5.41, 5.74) is 2.70. The molecule has 0 radical (unpaired) electrons. The van der Waals surface area contributed by atoms with Crippen LogP contribution in [-0.2, 0) is 12.8 Å². The number of fused-ring (bicyclic) bond motifs is 1. The molecular formula is C13H15N3S. The van der Waals surface area contributed by atoms with Crippen LogP contribution in [0.25, 0.3) is 0 Å². The summed E-state index contributed by atoms with van der Waals surface area (Å²) in [6.45, 7) is 4.33. The van der Waals surface area contributed by atoms with E-state index in [4.69, 9.17) is 0 Å². The molecule has 88 valence electrons. The van der Waals surface area contributed by atoms with E-state index in [-0.39, 0.29) is 0 Å². The minimum atomic E-state index is 0.477. The van der Waals surface area contributed by atoms with Gasteiger partial charge in [0.2, 0.25) is 5.13 Å². The van der Waals surface area contributed by atoms with E-state index in [2.05, 4.69) is 52.4 Å². The lowest BCUT2D eigenvalue weighted by molar-refractivity contribution is 0.754. The minimum Gasteiger partial charge on any atom is -0.313 e. The van der Waals surface area contributed by atoms with E-state index in [9.17, 15) is 0 Å². The Morgan fingerprint density at radius 1 is 1.41 bits per heavy atom. The second-order valence-electron chi connectivity index (χ2n) is 4.40. The number of rotatable bonds is 2. The highest BCUT2D eigenvalue weighted by Gasteiger charge is 2.28. The van der Waals surface area contributed by atoms with E-state index in [1.807, 2.05) is 0 Å². The topological polar surface area (TPSA) is 29.0 Å². The van der Waals surface area contributed by atoms with Gasteiger partial charge in [-0.05, 0) is 25.0 Å². The van der Waals surface area contributed by atoms with Gasteiger partial charge in [-0.3, -0.25) is 0 Å². The van der Waals surface area contributed by atoms with Gasteiger partial charge in [0.15, 0.2) is 0 Å². The Kier molecular flexibility index (Phi) is 2.59. The average Bonchev–Trinajstić information content (AvgIpc) is 2.91. The van der Waals surface area contributed by atoms with Gasteiger partial charge in [0.25, 0.3) is 0 Å². The molecule has 1 aromatic heterocycles. The molecule has 0 bridgehead atoms. The van der Waals surface area contributed by atoms with Crippen molar-refractivity contribution in [2.75, 3.05) is 4.90 Å². The van der Waals surface area contributed by atoms with Crippen molar-refractivity contribution < 1.29 is 0 Å². The molecule has 0 saturated carbocycles. The van der Waals surface area contributed by atoms with Gasteiger partial charge in [-0.25, -0.2) is 4.98 Å². The molecule has 0 saturated heterocycles. The van der Waals surface area contributed by atoms with E-state index in [0.717, 1.165) is 23.8 Å². The number of hydrogen-bond acceptors (Lipinski definition) is 4. The van der Waals surface area contributed by atoms with Crippen molar-refractivity contribution in [1.82, 2.24) is 9.36 Å². The molecule has 2 heterocycles. The van der Waals surface area contributed by atoms with Crippen LogP contribution in [0.1, 0.15) is 25.2 Å². The minimum absolute atomic E-state index is 0.477. The normalized spacial score (nSPS) is 18.5. The van der Waals surface area contributed by atoms with Gasteiger partial charge >= 0.3 is 0 Å². The lowest BCUT2D eigenvalue weighted by atomic mass is 10.1. The van der Waals surface area contributed by atoms with E-state index in [0.29, 0.717) is 6.04 Å². The summed E-state index contributed by atoms with van der Waals surface area (Å²) in [4.78, 5) is 6.91. The van der Waals surface area contributed by atoms with Gasteiger partial charge in [-0.15, -0.1) is 0 Å². The Morgan fingerprint density at radius 3 is 3.00 bits per heavy atom. The molecule has 3 rings (SSSR count). The number of hydrogen-bond donors (Lipinski definition) is 0. The number of aromatic nitrogens is 2. The molecule has 0 aliphatic carbocycles. The summed E-state index contributed by atoms with van der Waals surface area (Å²) in [5.74, 6) is 0.946. The molecule has 4 heteroatoms. The van der Waals surface area contributed by atoms with Gasteiger partial charge in [-0.2, -0.15) is 4.37 Å². The van der Waals surface area contributed by atoms with Gasteiger partial charge in [0.05, 0.1) is 0 Å². The Labute approximate surface area is 105 Å². The smallest absolute Gasteiger partial charge is 0.209 e. The summed E-state index contributed by atoms with van der Waals surface area (Å²) in [5, 5.41) is 1.03. The summed E-state index contributed by atoms with van der Waals surface area (Å²) < 4.78 is 4.38. The van der Waals surface area contributed by atoms with Crippen LogP contribution in [-0.4, -0.2) is 15.4 Å². The zero-order valence-electron chi connectivity index (χ0n) is 10.1. The third kappa shape index (κ3) is 1.72. The number of benzene rings is 1. The number of para-hydroxylation sites is 1. The zero-order chi connectivity index (χ0) is 11.8.